The summed E-state index contributed by atoms with van der Waals surface area (Å²) in [7, 11) is 2.45. The fourth-order valence-corrected chi connectivity index (χ4v) is 6.99. The topological polar surface area (TPSA) is 171 Å². The van der Waals surface area contributed by atoms with Gasteiger partial charge in [0.1, 0.15) is 18.9 Å². The number of anilines is 2. The Labute approximate surface area is 270 Å². The Morgan fingerprint density at radius 3 is 2.60 bits per heavy atom. The van der Waals surface area contributed by atoms with E-state index in [1.165, 1.54) is 19.3 Å². The summed E-state index contributed by atoms with van der Waals surface area (Å²) in [6, 6.07) is 5.87. The number of imidazole rings is 1. The summed E-state index contributed by atoms with van der Waals surface area (Å²) in [6.07, 6.45) is 6.68. The maximum absolute atomic E-state index is 13.1. The van der Waals surface area contributed by atoms with Gasteiger partial charge in [-0.1, -0.05) is 30.9 Å². The third-order valence-electron chi connectivity index (χ3n) is 8.08. The first-order valence-corrected chi connectivity index (χ1v) is 17.7. The molecule has 1 saturated carbocycles. The van der Waals surface area contributed by atoms with E-state index in [2.05, 4.69) is 31.3 Å². The normalized spacial score (nSPS) is 15.7. The molecule has 0 aliphatic heterocycles. The number of quaternary nitrogens is 1. The van der Waals surface area contributed by atoms with Crippen LogP contribution in [0.2, 0.25) is 5.15 Å². The van der Waals surface area contributed by atoms with E-state index < -0.39 is 13.5 Å². The van der Waals surface area contributed by atoms with Crippen molar-refractivity contribution in [2.24, 2.45) is 5.92 Å². The number of nitrogens with one attached hydrogen (secondary N) is 1. The Balaban J connectivity index is 1.52. The predicted molar refractivity (Wildman–Crippen MR) is 175 cm³/mol. The first-order chi connectivity index (χ1) is 21.3. The van der Waals surface area contributed by atoms with Gasteiger partial charge >= 0.3 is 7.60 Å². The van der Waals surface area contributed by atoms with Crippen LogP contribution in [0.15, 0.2) is 18.2 Å². The Morgan fingerprint density at radius 1 is 1.18 bits per heavy atom. The number of aryl methyl sites for hydroxylation is 1. The number of hydrogen-bond donors (Lipinski definition) is 4. The number of ether oxygens (including phenoxy) is 1. The van der Waals surface area contributed by atoms with Gasteiger partial charge in [0, 0.05) is 12.5 Å². The number of carbonyl (C=O) groups is 1. The average molecular weight is 667 g/mol. The average Bonchev–Trinajstić information content (AvgIpc) is 3.27. The fraction of sp³-hybridized carbons (Fsp3) is 0.600. The van der Waals surface area contributed by atoms with Crippen molar-refractivity contribution < 1.29 is 32.6 Å². The van der Waals surface area contributed by atoms with E-state index in [9.17, 15) is 14.3 Å². The van der Waals surface area contributed by atoms with E-state index in [0.29, 0.717) is 24.6 Å². The van der Waals surface area contributed by atoms with E-state index in [1.54, 1.807) is 0 Å². The summed E-state index contributed by atoms with van der Waals surface area (Å²) in [5, 5.41) is 2.87. The van der Waals surface area contributed by atoms with Crippen molar-refractivity contribution in [3.8, 4) is 5.75 Å². The molecule has 1 amide bonds. The molecule has 2 aromatic heterocycles. The molecule has 1 unspecified atom stereocenters. The van der Waals surface area contributed by atoms with Crippen LogP contribution in [0.5, 0.6) is 5.75 Å². The molecule has 1 atom stereocenters. The number of nitrogens with two attached hydrogens (primary N) is 2. The lowest BCUT2D eigenvalue weighted by molar-refractivity contribution is -0.870. The Bertz CT molecular complexity index is 1540. The quantitative estimate of drug-likeness (QED) is 0.0816. The molecule has 0 saturated heterocycles. The third kappa shape index (κ3) is 9.52. The minimum Gasteiger partial charge on any atom is -0.491 e. The van der Waals surface area contributed by atoms with Gasteiger partial charge < -0.3 is 35.4 Å². The van der Waals surface area contributed by atoms with Crippen molar-refractivity contribution in [1.29, 1.82) is 0 Å². The summed E-state index contributed by atoms with van der Waals surface area (Å²) in [4.78, 5) is 31.3. The predicted octanol–water partition coefficient (Wildman–Crippen LogP) is 3.74. The van der Waals surface area contributed by atoms with Gasteiger partial charge in [0.15, 0.2) is 33.5 Å². The second-order valence-corrected chi connectivity index (χ2v) is 15.0. The summed E-state index contributed by atoms with van der Waals surface area (Å²) in [5.74, 6) is 1.45. The smallest absolute Gasteiger partial charge is 0.328 e. The van der Waals surface area contributed by atoms with E-state index in [1.807, 2.05) is 39.3 Å². The number of benzene rings is 1. The first-order valence-electron chi connectivity index (χ1n) is 15.6. The molecule has 13 nitrogen and oxygen atoms in total. The van der Waals surface area contributed by atoms with Crippen LogP contribution in [0.3, 0.4) is 0 Å². The molecule has 4 rings (SSSR count). The van der Waals surface area contributed by atoms with Gasteiger partial charge in [0.25, 0.3) is 11.7 Å². The van der Waals surface area contributed by atoms with Crippen LogP contribution in [-0.4, -0.2) is 76.9 Å². The third-order valence-corrected chi connectivity index (χ3v) is 9.82. The van der Waals surface area contributed by atoms with E-state index in [-0.39, 0.29) is 48.4 Å². The van der Waals surface area contributed by atoms with Crippen molar-refractivity contribution >= 4 is 47.8 Å². The van der Waals surface area contributed by atoms with E-state index >= 15 is 0 Å². The molecule has 3 aromatic rings. The van der Waals surface area contributed by atoms with Gasteiger partial charge in [-0.3, -0.25) is 9.36 Å². The number of rotatable bonds is 15. The number of aromatic nitrogens is 4. The maximum Gasteiger partial charge on any atom is 0.328 e. The molecule has 0 bridgehead atoms. The van der Waals surface area contributed by atoms with Gasteiger partial charge in [-0.15, -0.1) is 0 Å². The SMILES string of the molecule is CC[n+]1c(CNC(=O)c2nc(Cl)c(N)nc2N)n(CC2CCCCC2)c2cc(OCCOP(=O)(O)CCC[N+](C)(C)C)ccc21. The number of fused-ring (bicyclic) bond motifs is 1. The molecule has 2 heterocycles. The maximum atomic E-state index is 13.1. The van der Waals surface area contributed by atoms with E-state index in [4.69, 9.17) is 32.3 Å². The highest BCUT2D eigenvalue weighted by Gasteiger charge is 2.29. The monoisotopic (exact) mass is 666 g/mol. The molecule has 15 heteroatoms. The minimum atomic E-state index is -3.68. The summed E-state index contributed by atoms with van der Waals surface area (Å²) < 4.78 is 28.9. The lowest BCUT2D eigenvalue weighted by Crippen LogP contribution is -2.41. The van der Waals surface area contributed by atoms with Crippen LogP contribution in [0.1, 0.15) is 61.8 Å². The zero-order chi connectivity index (χ0) is 32.8. The molecule has 45 heavy (non-hydrogen) atoms. The first kappa shape index (κ1) is 34.9. The number of nitrogens with zero attached hydrogens (tertiary/aromatic N) is 5. The molecule has 1 aliphatic carbocycles. The molecule has 0 spiro atoms. The van der Waals surface area contributed by atoms with Gasteiger partial charge in [0.2, 0.25) is 0 Å². The number of hydrogen-bond acceptors (Lipinski definition) is 8. The second kappa shape index (κ2) is 15.1. The highest BCUT2D eigenvalue weighted by atomic mass is 35.5. The van der Waals surface area contributed by atoms with Gasteiger partial charge in [-0.25, -0.2) is 19.1 Å². The highest BCUT2D eigenvalue weighted by molar-refractivity contribution is 7.52. The lowest BCUT2D eigenvalue weighted by atomic mass is 9.89. The van der Waals surface area contributed by atoms with Crippen LogP contribution >= 0.6 is 19.2 Å². The Kier molecular flexibility index (Phi) is 11.7. The largest absolute Gasteiger partial charge is 0.491 e. The van der Waals surface area contributed by atoms with Crippen LogP contribution in [-0.2, 0) is 28.7 Å². The molecule has 1 aromatic carbocycles. The molecular weight excluding hydrogens is 619 g/mol. The van der Waals surface area contributed by atoms with Crippen molar-refractivity contribution in [3.05, 3.63) is 34.9 Å². The number of carbonyl (C=O) groups excluding carboxylic acids is 1. The van der Waals surface area contributed by atoms with Crippen molar-refractivity contribution in [2.45, 2.75) is 65.1 Å². The van der Waals surface area contributed by atoms with Crippen LogP contribution in [0, 0.1) is 5.92 Å². The molecular formula is C30H48ClN8O5P+2. The van der Waals surface area contributed by atoms with Crippen LogP contribution in [0.25, 0.3) is 11.0 Å². The number of halogens is 1. The lowest BCUT2D eigenvalue weighted by Gasteiger charge is -2.24. The molecule has 6 N–H and O–H groups in total. The second-order valence-electron chi connectivity index (χ2n) is 12.7. The molecule has 248 valence electrons. The van der Waals surface area contributed by atoms with Crippen molar-refractivity contribution in [2.75, 3.05) is 58.5 Å². The fourth-order valence-electron chi connectivity index (χ4n) is 5.84. The standard InChI is InChI=1S/C30H46ClN8O5P/c1-5-37-23-13-12-22(43-15-16-44-45(41,42)17-9-14-39(2,3)4)18-24(23)38(20-21-10-7-6-8-11-21)25(37)19-34-30(40)26-28(32)36-29(33)27(31)35-26/h12-13,18,21H,5-11,14-17,19-20H2,1-4H3,(H4-2,32,33,34,36,40,41,42)/p+2. The Hall–Kier alpha value is -2.96. The van der Waals surface area contributed by atoms with E-state index in [0.717, 1.165) is 47.3 Å². The van der Waals surface area contributed by atoms with Crippen LogP contribution in [0.4, 0.5) is 11.6 Å². The number of nitrogen functional groups attached to an aromatic ring is 2. The van der Waals surface area contributed by atoms with Crippen molar-refractivity contribution in [3.63, 3.8) is 0 Å². The summed E-state index contributed by atoms with van der Waals surface area (Å²) >= 11 is 6.01. The highest BCUT2D eigenvalue weighted by Crippen LogP contribution is 2.42. The molecule has 0 radical (unpaired) electrons. The minimum absolute atomic E-state index is 0.00664. The molecule has 1 fully saturated rings. The van der Waals surface area contributed by atoms with Crippen molar-refractivity contribution in [1.82, 2.24) is 19.9 Å². The zero-order valence-corrected chi connectivity index (χ0v) is 28.4. The zero-order valence-electron chi connectivity index (χ0n) is 26.8. The molecule has 1 aliphatic rings. The van der Waals surface area contributed by atoms with Crippen LogP contribution < -0.4 is 26.1 Å². The Morgan fingerprint density at radius 2 is 1.91 bits per heavy atom. The van der Waals surface area contributed by atoms with Gasteiger partial charge in [-0.05, 0) is 37.8 Å². The van der Waals surface area contributed by atoms with Gasteiger partial charge in [-0.2, -0.15) is 0 Å². The number of amides is 1. The van der Waals surface area contributed by atoms with Gasteiger partial charge in [0.05, 0.1) is 53.5 Å². The summed E-state index contributed by atoms with van der Waals surface area (Å²) in [5.41, 5.74) is 13.5. The summed E-state index contributed by atoms with van der Waals surface area (Å²) in [6.45, 7) is 4.70.